The van der Waals surface area contributed by atoms with Crippen LogP contribution in [0.4, 0.5) is 28.4 Å². The highest BCUT2D eigenvalue weighted by Gasteiger charge is 2.49. The molecule has 222 valence electrons. The van der Waals surface area contributed by atoms with Gasteiger partial charge in [0.1, 0.15) is 0 Å². The van der Waals surface area contributed by atoms with Gasteiger partial charge in [-0.1, -0.05) is 121 Å². The predicted octanol–water partition coefficient (Wildman–Crippen LogP) is 11.4. The summed E-state index contributed by atoms with van der Waals surface area (Å²) >= 11 is 0. The first-order valence-corrected chi connectivity index (χ1v) is 16.1. The van der Waals surface area contributed by atoms with Crippen molar-refractivity contribution in [1.29, 1.82) is 0 Å². The fourth-order valence-electron chi connectivity index (χ4n) is 7.61. The summed E-state index contributed by atoms with van der Waals surface area (Å²) in [5, 5.41) is 0. The van der Waals surface area contributed by atoms with Crippen LogP contribution in [0.25, 0.3) is 11.1 Å². The molecule has 0 heterocycles. The Kier molecular flexibility index (Phi) is 7.11. The molecule has 2 nitrogen and oxygen atoms in total. The lowest BCUT2D eigenvalue weighted by molar-refractivity contribution is 0.457. The van der Waals surface area contributed by atoms with E-state index in [0.29, 0.717) is 5.92 Å². The van der Waals surface area contributed by atoms with E-state index in [4.69, 9.17) is 0 Å². The number of hydrogen-bond acceptors (Lipinski definition) is 2. The van der Waals surface area contributed by atoms with Crippen LogP contribution in [-0.4, -0.2) is 7.05 Å². The Morgan fingerprint density at radius 2 is 1.04 bits per heavy atom. The fraction of sp³-hybridized carbons (Fsp3) is 0.0909. The lowest BCUT2D eigenvalue weighted by Crippen LogP contribution is -2.35. The summed E-state index contributed by atoms with van der Waals surface area (Å²) in [5.41, 5.74) is 12.2. The first-order chi connectivity index (χ1) is 22.7. The molecular formula is C44H36N2. The van der Waals surface area contributed by atoms with Crippen LogP contribution < -0.4 is 9.80 Å². The third-order valence-corrected chi connectivity index (χ3v) is 9.75. The molecule has 2 unspecified atom stereocenters. The van der Waals surface area contributed by atoms with E-state index in [1.54, 1.807) is 0 Å². The standard InChI is InChI=1S/C44H36N2/c1-45(35-26-28-38(29-27-35)46(36-20-10-4-11-21-36)37-22-12-5-13-23-37)39-30-31-41-40-24-14-15-25-42(40)44(43(41)32-39,33-16-6-2-7-17-33)34-18-8-3-9-19-34/h2-18,20-32,34H,19H2,1H3. The lowest BCUT2D eigenvalue weighted by atomic mass is 9.62. The van der Waals surface area contributed by atoms with Gasteiger partial charge in [-0.25, -0.2) is 0 Å². The molecule has 0 radical (unpaired) electrons. The lowest BCUT2D eigenvalue weighted by Gasteiger charge is -2.40. The van der Waals surface area contributed by atoms with Gasteiger partial charge in [-0.15, -0.1) is 0 Å². The van der Waals surface area contributed by atoms with Crippen LogP contribution in [0.3, 0.4) is 0 Å². The van der Waals surface area contributed by atoms with Gasteiger partial charge in [0.2, 0.25) is 0 Å². The quantitative estimate of drug-likeness (QED) is 0.182. The smallest absolute Gasteiger partial charge is 0.0529 e. The van der Waals surface area contributed by atoms with Gasteiger partial charge in [-0.05, 0) is 101 Å². The fourth-order valence-corrected chi connectivity index (χ4v) is 7.61. The highest BCUT2D eigenvalue weighted by atomic mass is 15.1. The Morgan fingerprint density at radius 1 is 0.500 bits per heavy atom. The maximum absolute atomic E-state index is 2.45. The van der Waals surface area contributed by atoms with Crippen molar-refractivity contribution in [3.8, 4) is 11.1 Å². The van der Waals surface area contributed by atoms with Gasteiger partial charge in [0.15, 0.2) is 0 Å². The molecule has 0 N–H and O–H groups in total. The van der Waals surface area contributed by atoms with E-state index in [1.807, 2.05) is 0 Å². The van der Waals surface area contributed by atoms with E-state index in [1.165, 1.54) is 33.5 Å². The van der Waals surface area contributed by atoms with Crippen molar-refractivity contribution in [2.24, 2.45) is 5.92 Å². The molecule has 2 aliphatic carbocycles. The Morgan fingerprint density at radius 3 is 1.70 bits per heavy atom. The first kappa shape index (κ1) is 27.9. The van der Waals surface area contributed by atoms with Crippen molar-refractivity contribution in [1.82, 2.24) is 0 Å². The van der Waals surface area contributed by atoms with E-state index in [0.717, 1.165) is 29.2 Å². The molecule has 2 aliphatic rings. The number of para-hydroxylation sites is 2. The monoisotopic (exact) mass is 592 g/mol. The van der Waals surface area contributed by atoms with E-state index in [2.05, 4.69) is 199 Å². The van der Waals surface area contributed by atoms with Crippen LogP contribution in [0, 0.1) is 5.92 Å². The van der Waals surface area contributed by atoms with Gasteiger partial charge < -0.3 is 9.80 Å². The summed E-state index contributed by atoms with van der Waals surface area (Å²) in [5.74, 6) is 0.309. The van der Waals surface area contributed by atoms with Crippen molar-refractivity contribution >= 4 is 28.4 Å². The van der Waals surface area contributed by atoms with Gasteiger partial charge in [-0.2, -0.15) is 0 Å². The summed E-state index contributed by atoms with van der Waals surface area (Å²) in [4.78, 5) is 4.62. The molecule has 8 rings (SSSR count). The number of hydrogen-bond donors (Lipinski definition) is 0. The molecule has 0 fully saturated rings. The zero-order valence-corrected chi connectivity index (χ0v) is 26.0. The number of nitrogens with zero attached hydrogens (tertiary/aromatic N) is 2. The summed E-state index contributed by atoms with van der Waals surface area (Å²) in [6.45, 7) is 0. The minimum Gasteiger partial charge on any atom is -0.345 e. The van der Waals surface area contributed by atoms with Crippen LogP contribution in [0.1, 0.15) is 23.1 Å². The molecule has 6 aromatic carbocycles. The number of fused-ring (bicyclic) bond motifs is 3. The Labute approximate surface area is 272 Å². The molecule has 2 atom stereocenters. The Bertz CT molecular complexity index is 1990. The largest absolute Gasteiger partial charge is 0.345 e. The third kappa shape index (κ3) is 4.57. The predicted molar refractivity (Wildman–Crippen MR) is 194 cm³/mol. The molecule has 0 amide bonds. The van der Waals surface area contributed by atoms with Gasteiger partial charge >= 0.3 is 0 Å². The summed E-state index contributed by atoms with van der Waals surface area (Å²) < 4.78 is 0. The molecule has 6 aromatic rings. The van der Waals surface area contributed by atoms with Crippen LogP contribution in [0.2, 0.25) is 0 Å². The molecule has 0 saturated heterocycles. The normalized spacial score (nSPS) is 17.7. The molecule has 0 bridgehead atoms. The topological polar surface area (TPSA) is 6.48 Å². The van der Waals surface area contributed by atoms with E-state index in [9.17, 15) is 0 Å². The maximum Gasteiger partial charge on any atom is 0.0529 e. The second-order valence-electron chi connectivity index (χ2n) is 12.2. The molecule has 0 aromatic heterocycles. The van der Waals surface area contributed by atoms with Crippen molar-refractivity contribution in [2.75, 3.05) is 16.8 Å². The first-order valence-electron chi connectivity index (χ1n) is 16.1. The average Bonchev–Trinajstić information content (AvgIpc) is 3.44. The Hall–Kier alpha value is -5.60. The molecule has 0 spiro atoms. The van der Waals surface area contributed by atoms with Crippen LogP contribution >= 0.6 is 0 Å². The van der Waals surface area contributed by atoms with Crippen molar-refractivity contribution < 1.29 is 0 Å². The molecule has 0 aliphatic heterocycles. The van der Waals surface area contributed by atoms with Gasteiger partial charge in [0, 0.05) is 35.5 Å². The van der Waals surface area contributed by atoms with E-state index >= 15 is 0 Å². The van der Waals surface area contributed by atoms with Gasteiger partial charge in [-0.3, -0.25) is 0 Å². The number of anilines is 5. The number of benzene rings is 6. The van der Waals surface area contributed by atoms with Crippen LogP contribution in [0.15, 0.2) is 182 Å². The third-order valence-electron chi connectivity index (χ3n) is 9.75. The van der Waals surface area contributed by atoms with Gasteiger partial charge in [0.05, 0.1) is 5.41 Å². The number of rotatable bonds is 7. The maximum atomic E-state index is 2.45. The second-order valence-corrected chi connectivity index (χ2v) is 12.2. The molecular weight excluding hydrogens is 556 g/mol. The summed E-state index contributed by atoms with van der Waals surface area (Å²) in [6, 6.07) is 57.3. The van der Waals surface area contributed by atoms with E-state index < -0.39 is 0 Å². The number of allylic oxidation sites excluding steroid dienone is 4. The minimum atomic E-state index is -0.277. The zero-order valence-electron chi connectivity index (χ0n) is 26.0. The second kappa shape index (κ2) is 11.7. The minimum absolute atomic E-state index is 0.277. The van der Waals surface area contributed by atoms with Crippen molar-refractivity contribution in [3.05, 3.63) is 199 Å². The van der Waals surface area contributed by atoms with Crippen LogP contribution in [0.5, 0.6) is 0 Å². The molecule has 2 heteroatoms. The Balaban J connectivity index is 1.21. The summed E-state index contributed by atoms with van der Waals surface area (Å²) in [6.07, 6.45) is 10.1. The van der Waals surface area contributed by atoms with Gasteiger partial charge in [0.25, 0.3) is 0 Å². The molecule has 0 saturated carbocycles. The van der Waals surface area contributed by atoms with Crippen LogP contribution in [-0.2, 0) is 5.41 Å². The highest BCUT2D eigenvalue weighted by Crippen LogP contribution is 2.58. The molecule has 46 heavy (non-hydrogen) atoms. The van der Waals surface area contributed by atoms with E-state index in [-0.39, 0.29) is 5.41 Å². The zero-order chi connectivity index (χ0) is 30.9. The summed E-state index contributed by atoms with van der Waals surface area (Å²) in [7, 11) is 2.18. The SMILES string of the molecule is CN(c1ccc(N(c2ccccc2)c2ccccc2)cc1)c1ccc2c(c1)C(c1ccccc1)(C1C=CC=CC1)c1ccccc1-2. The average molecular weight is 593 g/mol. The van der Waals surface area contributed by atoms with Crippen molar-refractivity contribution in [2.45, 2.75) is 11.8 Å². The highest BCUT2D eigenvalue weighted by molar-refractivity contribution is 5.86. The van der Waals surface area contributed by atoms with Crippen molar-refractivity contribution in [3.63, 3.8) is 0 Å².